The van der Waals surface area contributed by atoms with Crippen LogP contribution in [0, 0.1) is 5.41 Å². The summed E-state index contributed by atoms with van der Waals surface area (Å²) in [7, 11) is 0. The average molecular weight is 350 g/mol. The van der Waals surface area contributed by atoms with E-state index >= 15 is 0 Å². The molecule has 0 fully saturated rings. The molecular weight excluding hydrogens is 329 g/mol. The molecule has 0 saturated heterocycles. The normalized spacial score (nSPS) is 11.3. The molecule has 0 radical (unpaired) electrons. The molecule has 0 aliphatic rings. The molecule has 1 aromatic heterocycles. The first kappa shape index (κ1) is 17.5. The minimum absolute atomic E-state index is 0. The number of phenolic OH excluding ortho intramolecular Hbond substituents is 1. The zero-order valence-electron chi connectivity index (χ0n) is 13.6. The number of aromatic nitrogens is 1. The molecule has 0 aliphatic carbocycles. The number of fused-ring (bicyclic) bond motifs is 1. The van der Waals surface area contributed by atoms with Crippen molar-refractivity contribution >= 4 is 10.8 Å². The van der Waals surface area contributed by atoms with Crippen LogP contribution in [0.4, 0.5) is 0 Å². The molecule has 3 rings (SSSR count). The molecule has 0 saturated carbocycles. The van der Waals surface area contributed by atoms with Crippen molar-refractivity contribution < 1.29 is 21.6 Å². The maximum absolute atomic E-state index is 10.2. The van der Waals surface area contributed by atoms with Crippen molar-refractivity contribution in [2.24, 2.45) is 5.41 Å². The van der Waals surface area contributed by atoms with Gasteiger partial charge in [0.15, 0.2) is 0 Å². The first-order chi connectivity index (χ1) is 10.4. The molecule has 1 N–H and O–H groups in total. The summed E-state index contributed by atoms with van der Waals surface area (Å²) in [5.74, 6) is 0.278. The van der Waals surface area contributed by atoms with Gasteiger partial charge in [0.2, 0.25) is 0 Å². The van der Waals surface area contributed by atoms with E-state index in [1.54, 1.807) is 6.07 Å². The molecule has 3 aromatic rings. The monoisotopic (exact) mass is 349 g/mol. The molecule has 23 heavy (non-hydrogen) atoms. The predicted molar refractivity (Wildman–Crippen MR) is 92.0 cm³/mol. The summed E-state index contributed by atoms with van der Waals surface area (Å²) in [5, 5.41) is 12.5. The quantitative estimate of drug-likeness (QED) is 0.645. The van der Waals surface area contributed by atoms with Crippen LogP contribution in [-0.2, 0) is 22.9 Å². The molecule has 2 nitrogen and oxygen atoms in total. The summed E-state index contributed by atoms with van der Waals surface area (Å²) < 4.78 is 0. The van der Waals surface area contributed by atoms with Crippen molar-refractivity contribution in [2.45, 2.75) is 27.2 Å². The number of benzene rings is 2. The van der Waals surface area contributed by atoms with Gasteiger partial charge < -0.3 is 5.11 Å². The van der Waals surface area contributed by atoms with E-state index in [0.29, 0.717) is 0 Å². The standard InChI is InChI=1S/C20H21NO.Ni/c1-20(2,3)12-14-8-9-19(22)17(10-14)18-11-15-6-4-5-7-16(15)13-21-18;/h4-11,13,22H,12H2,1-3H3;. The number of rotatable bonds is 2. The van der Waals surface area contributed by atoms with E-state index in [1.165, 1.54) is 5.56 Å². The number of nitrogens with zero attached hydrogens (tertiary/aromatic N) is 1. The van der Waals surface area contributed by atoms with E-state index in [9.17, 15) is 5.11 Å². The van der Waals surface area contributed by atoms with E-state index in [1.807, 2.05) is 36.5 Å². The second-order valence-corrected chi connectivity index (χ2v) is 7.01. The van der Waals surface area contributed by atoms with Crippen molar-refractivity contribution in [3.63, 3.8) is 0 Å². The van der Waals surface area contributed by atoms with Gasteiger partial charge in [-0.3, -0.25) is 4.98 Å². The van der Waals surface area contributed by atoms with Crippen LogP contribution in [0.2, 0.25) is 0 Å². The summed E-state index contributed by atoms with van der Waals surface area (Å²) in [6, 6.07) is 16.0. The summed E-state index contributed by atoms with van der Waals surface area (Å²) >= 11 is 0. The van der Waals surface area contributed by atoms with Gasteiger partial charge >= 0.3 is 0 Å². The molecule has 0 aliphatic heterocycles. The molecule has 2 aromatic carbocycles. The fourth-order valence-corrected chi connectivity index (χ4v) is 2.74. The molecule has 0 atom stereocenters. The smallest absolute Gasteiger partial charge is 0.124 e. The average Bonchev–Trinajstić information content (AvgIpc) is 2.47. The molecular formula is C20H21NNiO. The first-order valence-electron chi connectivity index (χ1n) is 7.59. The SMILES string of the molecule is CC(C)(C)Cc1ccc(O)c(-c2cc3ccccc3cn2)c1.[Ni]. The zero-order valence-corrected chi connectivity index (χ0v) is 14.6. The van der Waals surface area contributed by atoms with E-state index < -0.39 is 0 Å². The van der Waals surface area contributed by atoms with Gasteiger partial charge in [-0.1, -0.05) is 51.1 Å². The van der Waals surface area contributed by atoms with Crippen LogP contribution in [0.3, 0.4) is 0 Å². The third kappa shape index (κ3) is 4.11. The van der Waals surface area contributed by atoms with Crippen LogP contribution < -0.4 is 0 Å². The van der Waals surface area contributed by atoms with Crippen LogP contribution in [0.25, 0.3) is 22.0 Å². The third-order valence-electron chi connectivity index (χ3n) is 3.70. The Hall–Kier alpha value is -1.86. The molecule has 3 heteroatoms. The van der Waals surface area contributed by atoms with Crippen LogP contribution in [-0.4, -0.2) is 10.1 Å². The Morgan fingerprint density at radius 2 is 1.65 bits per heavy atom. The Bertz CT molecular complexity index is 821. The van der Waals surface area contributed by atoms with Crippen molar-refractivity contribution in [1.29, 1.82) is 0 Å². The zero-order chi connectivity index (χ0) is 15.7. The van der Waals surface area contributed by atoms with E-state index in [-0.39, 0.29) is 27.7 Å². The van der Waals surface area contributed by atoms with Gasteiger partial charge in [-0.05, 0) is 41.0 Å². The van der Waals surface area contributed by atoms with Gasteiger partial charge in [-0.25, -0.2) is 0 Å². The van der Waals surface area contributed by atoms with E-state index in [2.05, 4.69) is 37.9 Å². The molecule has 0 unspecified atom stereocenters. The number of hydrogen-bond acceptors (Lipinski definition) is 2. The van der Waals surface area contributed by atoms with Crippen molar-refractivity contribution in [3.05, 3.63) is 60.3 Å². The number of phenols is 1. The second-order valence-electron chi connectivity index (χ2n) is 7.01. The Labute approximate surface area is 147 Å². The summed E-state index contributed by atoms with van der Waals surface area (Å²) in [6.45, 7) is 6.65. The largest absolute Gasteiger partial charge is 0.507 e. The summed E-state index contributed by atoms with van der Waals surface area (Å²) in [4.78, 5) is 4.52. The van der Waals surface area contributed by atoms with E-state index in [4.69, 9.17) is 0 Å². The molecule has 122 valence electrons. The number of pyridine rings is 1. The molecule has 0 bridgehead atoms. The van der Waals surface area contributed by atoms with E-state index in [0.717, 1.165) is 28.5 Å². The Kier molecular flexibility index (Phi) is 5.11. The van der Waals surface area contributed by atoms with Crippen molar-refractivity contribution in [1.82, 2.24) is 4.98 Å². The summed E-state index contributed by atoms with van der Waals surface area (Å²) in [5.41, 5.74) is 3.04. The fraction of sp³-hybridized carbons (Fsp3) is 0.250. The Morgan fingerprint density at radius 3 is 2.35 bits per heavy atom. The van der Waals surface area contributed by atoms with Crippen LogP contribution in [0.1, 0.15) is 26.3 Å². The Morgan fingerprint density at radius 1 is 0.957 bits per heavy atom. The van der Waals surface area contributed by atoms with Gasteiger partial charge in [0.1, 0.15) is 5.75 Å². The minimum atomic E-state index is 0. The molecule has 0 spiro atoms. The Balaban J connectivity index is 0.00000192. The predicted octanol–water partition coefficient (Wildman–Crippen LogP) is 5.19. The number of hydrogen-bond donors (Lipinski definition) is 1. The first-order valence-corrected chi connectivity index (χ1v) is 7.59. The fourth-order valence-electron chi connectivity index (χ4n) is 2.74. The van der Waals surface area contributed by atoms with Crippen molar-refractivity contribution in [3.8, 4) is 17.0 Å². The van der Waals surface area contributed by atoms with Gasteiger partial charge in [0, 0.05) is 33.6 Å². The van der Waals surface area contributed by atoms with Gasteiger partial charge in [-0.15, -0.1) is 0 Å². The maximum Gasteiger partial charge on any atom is 0.124 e. The van der Waals surface area contributed by atoms with Gasteiger partial charge in [-0.2, -0.15) is 0 Å². The summed E-state index contributed by atoms with van der Waals surface area (Å²) in [6.07, 6.45) is 2.83. The topological polar surface area (TPSA) is 33.1 Å². The van der Waals surface area contributed by atoms with Crippen molar-refractivity contribution in [2.75, 3.05) is 0 Å². The van der Waals surface area contributed by atoms with Crippen LogP contribution >= 0.6 is 0 Å². The second kappa shape index (κ2) is 6.72. The number of aromatic hydroxyl groups is 1. The van der Waals surface area contributed by atoms with Crippen LogP contribution in [0.15, 0.2) is 54.7 Å². The van der Waals surface area contributed by atoms with Gasteiger partial charge in [0.25, 0.3) is 0 Å². The van der Waals surface area contributed by atoms with Crippen LogP contribution in [0.5, 0.6) is 5.75 Å². The van der Waals surface area contributed by atoms with Gasteiger partial charge in [0.05, 0.1) is 5.69 Å². The minimum Gasteiger partial charge on any atom is -0.507 e. The third-order valence-corrected chi connectivity index (χ3v) is 3.70. The molecule has 0 amide bonds. The maximum atomic E-state index is 10.2. The molecule has 1 heterocycles.